The third-order valence-electron chi connectivity index (χ3n) is 3.57. The molecule has 0 bridgehead atoms. The van der Waals surface area contributed by atoms with Crippen LogP contribution >= 0.6 is 0 Å². The Morgan fingerprint density at radius 1 is 1.21 bits per heavy atom. The van der Waals surface area contributed by atoms with Gasteiger partial charge in [0.15, 0.2) is 6.61 Å². The van der Waals surface area contributed by atoms with Gasteiger partial charge < -0.3 is 15.4 Å². The van der Waals surface area contributed by atoms with Gasteiger partial charge in [0.05, 0.1) is 5.69 Å². The van der Waals surface area contributed by atoms with Crippen LogP contribution in [-0.4, -0.2) is 31.1 Å². The third kappa shape index (κ3) is 5.39. The Morgan fingerprint density at radius 3 is 2.50 bits per heavy atom. The van der Waals surface area contributed by atoms with Gasteiger partial charge in [-0.05, 0) is 30.9 Å². The Kier molecular flexibility index (Phi) is 5.63. The van der Waals surface area contributed by atoms with E-state index in [2.05, 4.69) is 15.4 Å². The molecular weight excluding hydrogens is 332 g/mol. The first kappa shape index (κ1) is 18.0. The van der Waals surface area contributed by atoms with E-state index in [4.69, 9.17) is 0 Å². The SMILES string of the molecule is O=C(NCC1CCC1)C(=O)Nc1ccc(F)cc1OCC(F)(F)F. The van der Waals surface area contributed by atoms with Crippen LogP contribution in [0.2, 0.25) is 0 Å². The minimum Gasteiger partial charge on any atom is -0.482 e. The molecule has 24 heavy (non-hydrogen) atoms. The summed E-state index contributed by atoms with van der Waals surface area (Å²) < 4.78 is 54.3. The van der Waals surface area contributed by atoms with Crippen molar-refractivity contribution in [3.63, 3.8) is 0 Å². The number of amides is 2. The zero-order chi connectivity index (χ0) is 17.7. The average molecular weight is 348 g/mol. The van der Waals surface area contributed by atoms with Crippen LogP contribution in [0, 0.1) is 11.7 Å². The molecule has 1 fully saturated rings. The van der Waals surface area contributed by atoms with E-state index in [-0.39, 0.29) is 5.69 Å². The van der Waals surface area contributed by atoms with E-state index in [1.165, 1.54) is 0 Å². The molecule has 0 unspecified atom stereocenters. The zero-order valence-corrected chi connectivity index (χ0v) is 12.6. The summed E-state index contributed by atoms with van der Waals surface area (Å²) in [4.78, 5) is 23.4. The number of nitrogens with one attached hydrogen (secondary N) is 2. The van der Waals surface area contributed by atoms with Crippen LogP contribution in [-0.2, 0) is 9.59 Å². The van der Waals surface area contributed by atoms with E-state index in [1.807, 2.05) is 0 Å². The molecule has 0 atom stereocenters. The van der Waals surface area contributed by atoms with Crippen molar-refractivity contribution in [3.05, 3.63) is 24.0 Å². The summed E-state index contributed by atoms with van der Waals surface area (Å²) in [7, 11) is 0. The molecule has 1 aromatic carbocycles. The number of rotatable bonds is 5. The fraction of sp³-hybridized carbons (Fsp3) is 0.467. The fourth-order valence-electron chi connectivity index (χ4n) is 2.07. The summed E-state index contributed by atoms with van der Waals surface area (Å²) in [6.07, 6.45) is -1.57. The van der Waals surface area contributed by atoms with Gasteiger partial charge in [-0.25, -0.2) is 4.39 Å². The van der Waals surface area contributed by atoms with Gasteiger partial charge in [0.25, 0.3) is 0 Å². The Balaban J connectivity index is 1.96. The normalized spacial score (nSPS) is 14.7. The number of hydrogen-bond acceptors (Lipinski definition) is 3. The number of benzene rings is 1. The van der Waals surface area contributed by atoms with Crippen LogP contribution in [0.25, 0.3) is 0 Å². The van der Waals surface area contributed by atoms with Crippen molar-refractivity contribution in [2.24, 2.45) is 5.92 Å². The summed E-state index contributed by atoms with van der Waals surface area (Å²) in [5.74, 6) is -2.96. The van der Waals surface area contributed by atoms with Crippen molar-refractivity contribution in [1.29, 1.82) is 0 Å². The Hall–Kier alpha value is -2.32. The third-order valence-corrected chi connectivity index (χ3v) is 3.57. The largest absolute Gasteiger partial charge is 0.482 e. The summed E-state index contributed by atoms with van der Waals surface area (Å²) >= 11 is 0. The molecule has 0 radical (unpaired) electrons. The molecule has 0 saturated heterocycles. The smallest absolute Gasteiger partial charge is 0.422 e. The molecule has 1 aromatic rings. The topological polar surface area (TPSA) is 67.4 Å². The van der Waals surface area contributed by atoms with Crippen LogP contribution < -0.4 is 15.4 Å². The van der Waals surface area contributed by atoms with Gasteiger partial charge in [0.1, 0.15) is 11.6 Å². The van der Waals surface area contributed by atoms with Crippen LogP contribution in [0.4, 0.5) is 23.2 Å². The number of anilines is 1. The van der Waals surface area contributed by atoms with E-state index in [0.717, 1.165) is 31.4 Å². The first-order chi connectivity index (χ1) is 11.2. The Bertz CT molecular complexity index is 615. The zero-order valence-electron chi connectivity index (χ0n) is 12.6. The van der Waals surface area contributed by atoms with Gasteiger partial charge in [0, 0.05) is 12.6 Å². The van der Waals surface area contributed by atoms with Gasteiger partial charge in [-0.2, -0.15) is 13.2 Å². The fourth-order valence-corrected chi connectivity index (χ4v) is 2.07. The van der Waals surface area contributed by atoms with Gasteiger partial charge in [0.2, 0.25) is 0 Å². The number of halogens is 4. The molecule has 0 spiro atoms. The first-order valence-corrected chi connectivity index (χ1v) is 7.33. The molecule has 0 aliphatic heterocycles. The second kappa shape index (κ2) is 7.50. The predicted octanol–water partition coefficient (Wildman–Crippen LogP) is 2.62. The van der Waals surface area contributed by atoms with Crippen molar-refractivity contribution < 1.29 is 31.9 Å². The maximum Gasteiger partial charge on any atom is 0.422 e. The predicted molar refractivity (Wildman–Crippen MR) is 76.9 cm³/mol. The molecule has 0 heterocycles. The molecule has 132 valence electrons. The lowest BCUT2D eigenvalue weighted by molar-refractivity contribution is -0.153. The molecule has 1 aliphatic carbocycles. The lowest BCUT2D eigenvalue weighted by Crippen LogP contribution is -2.39. The Labute approximate surface area is 135 Å². The van der Waals surface area contributed by atoms with E-state index in [1.54, 1.807) is 0 Å². The summed E-state index contributed by atoms with van der Waals surface area (Å²) in [6, 6.07) is 2.66. The standard InChI is InChI=1S/C15H16F4N2O3/c16-10-4-5-11(12(6-10)24-8-15(17,18)19)21-14(23)13(22)20-7-9-2-1-3-9/h4-6,9H,1-3,7-8H2,(H,20,22)(H,21,23). The maximum atomic E-state index is 13.2. The lowest BCUT2D eigenvalue weighted by Gasteiger charge is -2.25. The second-order valence-electron chi connectivity index (χ2n) is 5.51. The minimum absolute atomic E-state index is 0.218. The highest BCUT2D eigenvalue weighted by Crippen LogP contribution is 2.28. The van der Waals surface area contributed by atoms with Crippen molar-refractivity contribution in [3.8, 4) is 5.75 Å². The molecule has 1 aliphatic rings. The van der Waals surface area contributed by atoms with Gasteiger partial charge in [-0.3, -0.25) is 9.59 Å². The summed E-state index contributed by atoms with van der Waals surface area (Å²) in [5, 5.41) is 4.57. The van der Waals surface area contributed by atoms with Crippen molar-refractivity contribution in [2.45, 2.75) is 25.4 Å². The highest BCUT2D eigenvalue weighted by atomic mass is 19.4. The van der Waals surface area contributed by atoms with Crippen LogP contribution in [0.5, 0.6) is 5.75 Å². The monoisotopic (exact) mass is 348 g/mol. The molecule has 2 N–H and O–H groups in total. The van der Waals surface area contributed by atoms with E-state index in [9.17, 15) is 27.2 Å². The van der Waals surface area contributed by atoms with Gasteiger partial charge in [-0.1, -0.05) is 6.42 Å². The lowest BCUT2D eigenvalue weighted by atomic mass is 9.85. The number of carbonyl (C=O) groups is 2. The van der Waals surface area contributed by atoms with Crippen molar-refractivity contribution in [1.82, 2.24) is 5.32 Å². The maximum absolute atomic E-state index is 13.2. The van der Waals surface area contributed by atoms with Gasteiger partial charge in [-0.15, -0.1) is 0 Å². The molecule has 2 rings (SSSR count). The minimum atomic E-state index is -4.62. The van der Waals surface area contributed by atoms with E-state index < -0.39 is 36.2 Å². The van der Waals surface area contributed by atoms with E-state index >= 15 is 0 Å². The highest BCUT2D eigenvalue weighted by molar-refractivity contribution is 6.39. The van der Waals surface area contributed by atoms with Crippen LogP contribution in [0.1, 0.15) is 19.3 Å². The van der Waals surface area contributed by atoms with Gasteiger partial charge >= 0.3 is 18.0 Å². The van der Waals surface area contributed by atoms with Crippen molar-refractivity contribution >= 4 is 17.5 Å². The first-order valence-electron chi connectivity index (χ1n) is 7.33. The molecule has 5 nitrogen and oxygen atoms in total. The van der Waals surface area contributed by atoms with Crippen LogP contribution in [0.3, 0.4) is 0 Å². The molecule has 9 heteroatoms. The van der Waals surface area contributed by atoms with Crippen molar-refractivity contribution in [2.75, 3.05) is 18.5 Å². The quantitative estimate of drug-likeness (QED) is 0.635. The molecule has 2 amide bonds. The molecular formula is C15H16F4N2O3. The number of carbonyl (C=O) groups excluding carboxylic acids is 2. The number of alkyl halides is 3. The number of ether oxygens (including phenoxy) is 1. The average Bonchev–Trinajstić information content (AvgIpc) is 2.44. The Morgan fingerprint density at radius 2 is 1.92 bits per heavy atom. The van der Waals surface area contributed by atoms with Crippen LogP contribution in [0.15, 0.2) is 18.2 Å². The highest BCUT2D eigenvalue weighted by Gasteiger charge is 2.29. The number of hydrogen-bond donors (Lipinski definition) is 2. The second-order valence-corrected chi connectivity index (χ2v) is 5.51. The summed E-state index contributed by atoms with van der Waals surface area (Å²) in [5.41, 5.74) is -0.218. The molecule has 1 saturated carbocycles. The molecule has 0 aromatic heterocycles. The summed E-state index contributed by atoms with van der Waals surface area (Å²) in [6.45, 7) is -1.28. The van der Waals surface area contributed by atoms with E-state index in [0.29, 0.717) is 18.5 Å².